The standard InChI is InChI=1S/C16H16O2/c1-12-7-10-15(16(17)18)14(11-12)9-8-13-5-3-2-4-6-13/h2-7,10-11H,8-9H2,1H3,(H,17,18). The minimum atomic E-state index is -0.849. The number of benzene rings is 2. The normalized spacial score (nSPS) is 10.3. The first-order valence-corrected chi connectivity index (χ1v) is 6.03. The Kier molecular flexibility index (Phi) is 3.78. The van der Waals surface area contributed by atoms with Crippen LogP contribution >= 0.6 is 0 Å². The molecule has 0 fully saturated rings. The van der Waals surface area contributed by atoms with E-state index in [1.165, 1.54) is 5.56 Å². The lowest BCUT2D eigenvalue weighted by molar-refractivity contribution is 0.0695. The van der Waals surface area contributed by atoms with Crippen molar-refractivity contribution in [2.45, 2.75) is 19.8 Å². The van der Waals surface area contributed by atoms with Crippen molar-refractivity contribution in [1.82, 2.24) is 0 Å². The van der Waals surface area contributed by atoms with Crippen molar-refractivity contribution in [3.63, 3.8) is 0 Å². The molecule has 0 unspecified atom stereocenters. The summed E-state index contributed by atoms with van der Waals surface area (Å²) in [6.45, 7) is 1.98. The number of aromatic carboxylic acids is 1. The van der Waals surface area contributed by atoms with Crippen LogP contribution in [-0.2, 0) is 12.8 Å². The second-order valence-corrected chi connectivity index (χ2v) is 4.45. The first-order valence-electron chi connectivity index (χ1n) is 6.03. The number of carboxylic acids is 1. The molecule has 1 N–H and O–H groups in total. The summed E-state index contributed by atoms with van der Waals surface area (Å²) in [5, 5.41) is 9.15. The summed E-state index contributed by atoms with van der Waals surface area (Å²) in [6.07, 6.45) is 1.62. The SMILES string of the molecule is Cc1ccc(C(=O)O)c(CCc2ccccc2)c1. The molecule has 2 heteroatoms. The smallest absolute Gasteiger partial charge is 0.335 e. The van der Waals surface area contributed by atoms with Crippen LogP contribution in [0.2, 0.25) is 0 Å². The lowest BCUT2D eigenvalue weighted by Crippen LogP contribution is -2.04. The first-order chi connectivity index (χ1) is 8.66. The monoisotopic (exact) mass is 240 g/mol. The van der Waals surface area contributed by atoms with Crippen LogP contribution in [-0.4, -0.2) is 11.1 Å². The van der Waals surface area contributed by atoms with Crippen LogP contribution < -0.4 is 0 Å². The van der Waals surface area contributed by atoms with Crippen LogP contribution in [0.3, 0.4) is 0 Å². The maximum Gasteiger partial charge on any atom is 0.335 e. The molecular weight excluding hydrogens is 224 g/mol. The number of rotatable bonds is 4. The van der Waals surface area contributed by atoms with Gasteiger partial charge in [-0.1, -0.05) is 48.0 Å². The van der Waals surface area contributed by atoms with E-state index in [1.54, 1.807) is 6.07 Å². The van der Waals surface area contributed by atoms with E-state index >= 15 is 0 Å². The van der Waals surface area contributed by atoms with Crippen molar-refractivity contribution in [2.24, 2.45) is 0 Å². The van der Waals surface area contributed by atoms with Gasteiger partial charge in [0.25, 0.3) is 0 Å². The summed E-state index contributed by atoms with van der Waals surface area (Å²) in [6, 6.07) is 15.6. The third-order valence-electron chi connectivity index (χ3n) is 3.02. The van der Waals surface area contributed by atoms with E-state index in [1.807, 2.05) is 37.3 Å². The van der Waals surface area contributed by atoms with Gasteiger partial charge in [-0.3, -0.25) is 0 Å². The summed E-state index contributed by atoms with van der Waals surface area (Å²) >= 11 is 0. The summed E-state index contributed by atoms with van der Waals surface area (Å²) in [5.74, 6) is -0.849. The highest BCUT2D eigenvalue weighted by Crippen LogP contribution is 2.15. The van der Waals surface area contributed by atoms with Gasteiger partial charge in [0, 0.05) is 0 Å². The van der Waals surface area contributed by atoms with Crippen LogP contribution in [0.15, 0.2) is 48.5 Å². The predicted octanol–water partition coefficient (Wildman–Crippen LogP) is 3.48. The van der Waals surface area contributed by atoms with Crippen molar-refractivity contribution in [2.75, 3.05) is 0 Å². The fraction of sp³-hybridized carbons (Fsp3) is 0.188. The zero-order valence-electron chi connectivity index (χ0n) is 10.4. The zero-order chi connectivity index (χ0) is 13.0. The van der Waals surface area contributed by atoms with Gasteiger partial charge in [-0.2, -0.15) is 0 Å². The molecule has 0 spiro atoms. The van der Waals surface area contributed by atoms with Crippen LogP contribution in [0.25, 0.3) is 0 Å². The van der Waals surface area contributed by atoms with Crippen LogP contribution in [0, 0.1) is 6.92 Å². The van der Waals surface area contributed by atoms with Gasteiger partial charge in [0.1, 0.15) is 0 Å². The van der Waals surface area contributed by atoms with Crippen molar-refractivity contribution in [3.05, 3.63) is 70.8 Å². The van der Waals surface area contributed by atoms with Crippen molar-refractivity contribution < 1.29 is 9.90 Å². The van der Waals surface area contributed by atoms with E-state index in [0.717, 1.165) is 24.0 Å². The molecule has 0 aliphatic heterocycles. The lowest BCUT2D eigenvalue weighted by Gasteiger charge is -2.07. The highest BCUT2D eigenvalue weighted by Gasteiger charge is 2.09. The minimum absolute atomic E-state index is 0.413. The molecule has 0 aromatic heterocycles. The van der Waals surface area contributed by atoms with E-state index in [4.69, 9.17) is 5.11 Å². The molecule has 92 valence electrons. The molecule has 2 rings (SSSR count). The van der Waals surface area contributed by atoms with E-state index in [-0.39, 0.29) is 0 Å². The number of aryl methyl sites for hydroxylation is 3. The molecule has 0 saturated carbocycles. The maximum atomic E-state index is 11.1. The van der Waals surface area contributed by atoms with Crippen molar-refractivity contribution >= 4 is 5.97 Å². The van der Waals surface area contributed by atoms with Crippen LogP contribution in [0.1, 0.15) is 27.0 Å². The van der Waals surface area contributed by atoms with Crippen LogP contribution in [0.5, 0.6) is 0 Å². The Morgan fingerprint density at radius 3 is 2.44 bits per heavy atom. The zero-order valence-corrected chi connectivity index (χ0v) is 10.4. The fourth-order valence-corrected chi connectivity index (χ4v) is 2.06. The summed E-state index contributed by atoms with van der Waals surface area (Å²) in [5.41, 5.74) is 3.65. The molecule has 18 heavy (non-hydrogen) atoms. The number of hydrogen-bond acceptors (Lipinski definition) is 1. The number of carbonyl (C=O) groups is 1. The minimum Gasteiger partial charge on any atom is -0.478 e. The highest BCUT2D eigenvalue weighted by molar-refractivity contribution is 5.89. The molecule has 0 radical (unpaired) electrons. The van der Waals surface area contributed by atoms with E-state index in [0.29, 0.717) is 5.56 Å². The second-order valence-electron chi connectivity index (χ2n) is 4.45. The van der Waals surface area contributed by atoms with Gasteiger partial charge in [0.05, 0.1) is 5.56 Å². The summed E-state index contributed by atoms with van der Waals surface area (Å²) in [7, 11) is 0. The fourth-order valence-electron chi connectivity index (χ4n) is 2.06. The third-order valence-corrected chi connectivity index (χ3v) is 3.02. The van der Waals surface area contributed by atoms with E-state index in [9.17, 15) is 4.79 Å². The Morgan fingerprint density at radius 1 is 1.06 bits per heavy atom. The summed E-state index contributed by atoms with van der Waals surface area (Å²) < 4.78 is 0. The van der Waals surface area contributed by atoms with Crippen molar-refractivity contribution in [3.8, 4) is 0 Å². The number of carboxylic acid groups (broad SMARTS) is 1. The Labute approximate surface area is 107 Å². The van der Waals surface area contributed by atoms with Gasteiger partial charge < -0.3 is 5.11 Å². The molecule has 2 nitrogen and oxygen atoms in total. The molecule has 0 aliphatic rings. The number of hydrogen-bond donors (Lipinski definition) is 1. The van der Waals surface area contributed by atoms with Crippen LogP contribution in [0.4, 0.5) is 0 Å². The van der Waals surface area contributed by atoms with Gasteiger partial charge in [0.2, 0.25) is 0 Å². The molecular formula is C16H16O2. The van der Waals surface area contributed by atoms with E-state index in [2.05, 4.69) is 12.1 Å². The Morgan fingerprint density at radius 2 is 1.78 bits per heavy atom. The van der Waals surface area contributed by atoms with Gasteiger partial charge in [0.15, 0.2) is 0 Å². The van der Waals surface area contributed by atoms with Gasteiger partial charge in [-0.25, -0.2) is 4.79 Å². The Balaban J connectivity index is 2.18. The topological polar surface area (TPSA) is 37.3 Å². The Hall–Kier alpha value is -2.09. The summed E-state index contributed by atoms with van der Waals surface area (Å²) in [4.78, 5) is 11.1. The van der Waals surface area contributed by atoms with Crippen molar-refractivity contribution in [1.29, 1.82) is 0 Å². The van der Waals surface area contributed by atoms with E-state index < -0.39 is 5.97 Å². The molecule has 0 heterocycles. The highest BCUT2D eigenvalue weighted by atomic mass is 16.4. The average molecular weight is 240 g/mol. The molecule has 0 saturated heterocycles. The molecule has 2 aromatic rings. The maximum absolute atomic E-state index is 11.1. The second kappa shape index (κ2) is 5.50. The third kappa shape index (κ3) is 2.98. The Bertz CT molecular complexity index is 544. The predicted molar refractivity (Wildman–Crippen MR) is 72.0 cm³/mol. The average Bonchev–Trinajstić information content (AvgIpc) is 2.37. The molecule has 0 amide bonds. The lowest BCUT2D eigenvalue weighted by atomic mass is 9.98. The van der Waals surface area contributed by atoms with Gasteiger partial charge in [-0.15, -0.1) is 0 Å². The quantitative estimate of drug-likeness (QED) is 0.888. The molecule has 2 aromatic carbocycles. The van der Waals surface area contributed by atoms with Gasteiger partial charge >= 0.3 is 5.97 Å². The van der Waals surface area contributed by atoms with Gasteiger partial charge in [-0.05, 0) is 37.0 Å². The first kappa shape index (κ1) is 12.4. The molecule has 0 bridgehead atoms. The largest absolute Gasteiger partial charge is 0.478 e. The molecule has 0 aliphatic carbocycles. The molecule has 0 atom stereocenters.